The summed E-state index contributed by atoms with van der Waals surface area (Å²) < 4.78 is 13.5. The third-order valence-electron chi connectivity index (χ3n) is 12.0. The van der Waals surface area contributed by atoms with Crippen LogP contribution in [0.4, 0.5) is 0 Å². The molecule has 0 radical (unpaired) electrons. The first-order valence-corrected chi connectivity index (χ1v) is 20.2. The molecule has 1 N–H and O–H groups in total. The maximum atomic E-state index is 7.28. The summed E-state index contributed by atoms with van der Waals surface area (Å²) in [4.78, 5) is 5.63. The minimum atomic E-state index is -0.216. The highest BCUT2D eigenvalue weighted by molar-refractivity contribution is 6.23. The monoisotopic (exact) mass is 748 g/mol. The zero-order valence-corrected chi connectivity index (χ0v) is 32.1. The van der Waals surface area contributed by atoms with E-state index in [1.807, 2.05) is 12.1 Å². The van der Waals surface area contributed by atoms with Gasteiger partial charge in [0.25, 0.3) is 0 Å². The lowest BCUT2D eigenvalue weighted by Gasteiger charge is -2.37. The molecular weight excluding hydrogens is 709 g/mol. The van der Waals surface area contributed by atoms with E-state index in [9.17, 15) is 0 Å². The van der Waals surface area contributed by atoms with Crippen molar-refractivity contribution in [3.8, 4) is 33.4 Å². The van der Waals surface area contributed by atoms with Crippen LogP contribution in [0.25, 0.3) is 77.3 Å². The van der Waals surface area contributed by atoms with E-state index in [1.165, 1.54) is 11.1 Å². The first kappa shape index (κ1) is 34.3. The van der Waals surface area contributed by atoms with Gasteiger partial charge in [0, 0.05) is 50.2 Å². The number of nitrogens with one attached hydrogen (secondary N) is 1. The van der Waals surface area contributed by atoms with Crippen molar-refractivity contribution in [2.45, 2.75) is 25.6 Å². The minimum absolute atomic E-state index is 0.0615. The number of rotatable bonds is 7. The summed E-state index contributed by atoms with van der Waals surface area (Å²) in [6, 6.07) is 66.7. The molecule has 1 aliphatic rings. The Morgan fingerprint density at radius 2 is 1.09 bits per heavy atom. The van der Waals surface area contributed by atoms with Crippen LogP contribution in [0, 0.1) is 5.92 Å². The van der Waals surface area contributed by atoms with Gasteiger partial charge in [-0.05, 0) is 70.1 Å². The highest BCUT2D eigenvalue weighted by Gasteiger charge is 2.36. The van der Waals surface area contributed by atoms with E-state index in [4.69, 9.17) is 13.8 Å². The van der Waals surface area contributed by atoms with E-state index in [-0.39, 0.29) is 18.1 Å². The minimum Gasteiger partial charge on any atom is -0.456 e. The summed E-state index contributed by atoms with van der Waals surface area (Å²) in [5, 5.41) is 8.32. The molecule has 2 aromatic heterocycles. The SMILES string of the molecule is CCC1C(c2ccc(-c3cccc(-c4ccccc4)c3)c3oc4c(-c5ccc6oc7ccccc7c6c5)cccc4c23)=NC(c2ccccc2)NC1c1ccccc1. The molecule has 4 nitrogen and oxygen atoms in total. The Kier molecular flexibility index (Phi) is 8.37. The zero-order valence-electron chi connectivity index (χ0n) is 32.1. The van der Waals surface area contributed by atoms with Crippen LogP contribution in [0.3, 0.4) is 0 Å². The smallest absolute Gasteiger partial charge is 0.143 e. The second-order valence-corrected chi connectivity index (χ2v) is 15.3. The molecule has 10 aromatic rings. The van der Waals surface area contributed by atoms with Gasteiger partial charge in [0.1, 0.15) is 28.5 Å². The fourth-order valence-corrected chi connectivity index (χ4v) is 9.17. The molecule has 278 valence electrons. The normalized spacial score (nSPS) is 17.0. The third-order valence-corrected chi connectivity index (χ3v) is 12.0. The first-order valence-electron chi connectivity index (χ1n) is 20.2. The van der Waals surface area contributed by atoms with Crippen LogP contribution in [0.5, 0.6) is 0 Å². The van der Waals surface area contributed by atoms with Gasteiger partial charge in [-0.3, -0.25) is 10.3 Å². The van der Waals surface area contributed by atoms with Gasteiger partial charge in [0.15, 0.2) is 0 Å². The van der Waals surface area contributed by atoms with Gasteiger partial charge >= 0.3 is 0 Å². The average molecular weight is 749 g/mol. The lowest BCUT2D eigenvalue weighted by atomic mass is 9.80. The Morgan fingerprint density at radius 3 is 1.90 bits per heavy atom. The van der Waals surface area contributed by atoms with Gasteiger partial charge in [-0.15, -0.1) is 0 Å². The van der Waals surface area contributed by atoms with E-state index in [0.717, 1.165) is 95.0 Å². The molecule has 3 atom stereocenters. The molecule has 4 heteroatoms. The fourth-order valence-electron chi connectivity index (χ4n) is 9.17. The van der Waals surface area contributed by atoms with Crippen molar-refractivity contribution in [2.24, 2.45) is 10.9 Å². The van der Waals surface area contributed by atoms with Gasteiger partial charge in [-0.2, -0.15) is 0 Å². The first-order chi connectivity index (χ1) is 28.7. The van der Waals surface area contributed by atoms with Crippen LogP contribution >= 0.6 is 0 Å². The van der Waals surface area contributed by atoms with Gasteiger partial charge in [-0.1, -0.05) is 165 Å². The van der Waals surface area contributed by atoms with Crippen LogP contribution in [0.1, 0.15) is 42.2 Å². The molecule has 0 saturated carbocycles. The maximum absolute atomic E-state index is 7.28. The quantitative estimate of drug-likeness (QED) is 0.177. The molecule has 3 heterocycles. The fraction of sp³-hybridized carbons (Fsp3) is 0.0926. The second kappa shape index (κ2) is 14.2. The molecule has 0 aliphatic carbocycles. The number of para-hydroxylation sites is 2. The van der Waals surface area contributed by atoms with Gasteiger partial charge in [0.2, 0.25) is 0 Å². The predicted molar refractivity (Wildman–Crippen MR) is 239 cm³/mol. The molecule has 0 saturated heterocycles. The molecule has 58 heavy (non-hydrogen) atoms. The number of benzene rings is 8. The topological polar surface area (TPSA) is 50.7 Å². The van der Waals surface area contributed by atoms with Gasteiger partial charge in [-0.25, -0.2) is 0 Å². The summed E-state index contributed by atoms with van der Waals surface area (Å²) in [5.74, 6) is 0.114. The van der Waals surface area contributed by atoms with E-state index in [1.54, 1.807) is 0 Å². The van der Waals surface area contributed by atoms with Gasteiger partial charge in [0.05, 0.1) is 5.71 Å². The molecule has 0 bridgehead atoms. The van der Waals surface area contributed by atoms with Gasteiger partial charge < -0.3 is 8.83 Å². The summed E-state index contributed by atoms with van der Waals surface area (Å²) in [5.41, 5.74) is 14.7. The number of hydrogen-bond acceptors (Lipinski definition) is 4. The van der Waals surface area contributed by atoms with Crippen molar-refractivity contribution in [1.82, 2.24) is 5.32 Å². The van der Waals surface area contributed by atoms with E-state index in [2.05, 4.69) is 188 Å². The average Bonchev–Trinajstić information content (AvgIpc) is 3.88. The van der Waals surface area contributed by atoms with Crippen LogP contribution in [-0.2, 0) is 0 Å². The lowest BCUT2D eigenvalue weighted by molar-refractivity contribution is 0.358. The van der Waals surface area contributed by atoms with Crippen molar-refractivity contribution >= 4 is 49.6 Å². The number of aliphatic imine (C=N–C) groups is 1. The molecule has 0 spiro atoms. The van der Waals surface area contributed by atoms with Crippen molar-refractivity contribution in [2.75, 3.05) is 0 Å². The highest BCUT2D eigenvalue weighted by Crippen LogP contribution is 2.46. The van der Waals surface area contributed by atoms with Crippen LogP contribution in [0.15, 0.2) is 202 Å². The summed E-state index contributed by atoms with van der Waals surface area (Å²) in [7, 11) is 0. The van der Waals surface area contributed by atoms with Crippen molar-refractivity contribution < 1.29 is 8.83 Å². The van der Waals surface area contributed by atoms with Crippen LogP contribution in [-0.4, -0.2) is 5.71 Å². The Bertz CT molecular complexity index is 3140. The van der Waals surface area contributed by atoms with Crippen molar-refractivity contribution in [1.29, 1.82) is 0 Å². The number of nitrogens with zero attached hydrogens (tertiary/aromatic N) is 1. The number of furan rings is 2. The van der Waals surface area contributed by atoms with Crippen molar-refractivity contribution in [3.05, 3.63) is 205 Å². The Hall–Kier alpha value is -7.01. The summed E-state index contributed by atoms with van der Waals surface area (Å²) >= 11 is 0. The number of hydrogen-bond donors (Lipinski definition) is 1. The summed E-state index contributed by atoms with van der Waals surface area (Å²) in [6.45, 7) is 2.28. The molecule has 8 aromatic carbocycles. The molecule has 0 amide bonds. The Labute approximate surface area is 337 Å². The van der Waals surface area contributed by atoms with Crippen LogP contribution < -0.4 is 5.32 Å². The predicted octanol–water partition coefficient (Wildman–Crippen LogP) is 14.3. The van der Waals surface area contributed by atoms with E-state index >= 15 is 0 Å². The third kappa shape index (κ3) is 5.76. The maximum Gasteiger partial charge on any atom is 0.143 e. The highest BCUT2D eigenvalue weighted by atomic mass is 16.3. The largest absolute Gasteiger partial charge is 0.456 e. The van der Waals surface area contributed by atoms with E-state index in [0.29, 0.717) is 0 Å². The Morgan fingerprint density at radius 1 is 0.466 bits per heavy atom. The Balaban J connectivity index is 1.17. The number of fused-ring (bicyclic) bond motifs is 6. The van der Waals surface area contributed by atoms with Crippen molar-refractivity contribution in [3.63, 3.8) is 0 Å². The molecule has 0 fully saturated rings. The lowest BCUT2D eigenvalue weighted by Crippen LogP contribution is -2.40. The van der Waals surface area contributed by atoms with E-state index < -0.39 is 0 Å². The molecule has 3 unspecified atom stereocenters. The van der Waals surface area contributed by atoms with Crippen LogP contribution in [0.2, 0.25) is 0 Å². The molecular formula is C54H40N2O2. The second-order valence-electron chi connectivity index (χ2n) is 15.3. The standard InChI is InChI=1S/C54H40N2O2/c1-2-40-50(35-18-8-4-9-19-35)55-54(36-20-10-5-11-21-36)56-51(40)44-30-29-42(38-23-14-22-37(32-38)34-16-6-3-7-17-34)53-49(44)45-26-15-25-41(52(45)58-53)39-28-31-48-46(33-39)43-24-12-13-27-47(43)57-48/h3-33,40,50,54-55H,2H2,1H3. The molecule has 1 aliphatic heterocycles. The summed E-state index contributed by atoms with van der Waals surface area (Å²) in [6.07, 6.45) is 0.696. The zero-order chi connectivity index (χ0) is 38.6. The molecule has 11 rings (SSSR count).